The number of hydrogen-bond acceptors (Lipinski definition) is 3. The highest BCUT2D eigenvalue weighted by Gasteiger charge is 2.41. The van der Waals surface area contributed by atoms with Crippen molar-refractivity contribution in [2.24, 2.45) is 5.41 Å². The van der Waals surface area contributed by atoms with Crippen LogP contribution >= 0.6 is 0 Å². The molecule has 0 spiro atoms. The first-order valence-corrected chi connectivity index (χ1v) is 11.4. The van der Waals surface area contributed by atoms with Crippen molar-refractivity contribution in [2.45, 2.75) is 66.4 Å². The van der Waals surface area contributed by atoms with Gasteiger partial charge in [0.1, 0.15) is 11.6 Å². The summed E-state index contributed by atoms with van der Waals surface area (Å²) >= 11 is 0. The van der Waals surface area contributed by atoms with Crippen LogP contribution in [0.5, 0.6) is 0 Å². The molecule has 1 N–H and O–H groups in total. The van der Waals surface area contributed by atoms with Gasteiger partial charge in [0.25, 0.3) is 0 Å². The zero-order chi connectivity index (χ0) is 29.4. The van der Waals surface area contributed by atoms with E-state index in [9.17, 15) is 35.9 Å². The van der Waals surface area contributed by atoms with Crippen LogP contribution in [0, 0.1) is 30.9 Å². The largest absolute Gasteiger partial charge is 0.466 e. The molecule has 0 saturated carbocycles. The molecular formula is C26H27F8NO3. The van der Waals surface area contributed by atoms with E-state index in [4.69, 9.17) is 4.74 Å². The lowest BCUT2D eigenvalue weighted by atomic mass is 9.87. The molecule has 0 aromatic heterocycles. The number of nitrogens with one attached hydrogen (secondary N) is 1. The molecule has 0 aliphatic rings. The summed E-state index contributed by atoms with van der Waals surface area (Å²) in [7, 11) is 0. The molecule has 0 aliphatic carbocycles. The van der Waals surface area contributed by atoms with Crippen LogP contribution in [0.3, 0.4) is 0 Å². The number of hydrogen-bond donors (Lipinski definition) is 1. The Morgan fingerprint density at radius 3 is 1.84 bits per heavy atom. The maximum absolute atomic E-state index is 16.0. The van der Waals surface area contributed by atoms with Gasteiger partial charge in [-0.25, -0.2) is 8.78 Å². The van der Waals surface area contributed by atoms with E-state index in [1.54, 1.807) is 0 Å². The molecule has 0 saturated heterocycles. The molecule has 0 aliphatic heterocycles. The molecule has 2 rings (SSSR count). The Morgan fingerprint density at radius 1 is 0.895 bits per heavy atom. The number of rotatable bonds is 6. The van der Waals surface area contributed by atoms with Gasteiger partial charge in [-0.2, -0.15) is 26.3 Å². The Balaban J connectivity index is 2.94. The highest BCUT2D eigenvalue weighted by Crippen LogP contribution is 2.43. The minimum atomic E-state index is -5.35. The standard InChI is InChI=1S/C26H27F8NO3/c1-7-38-18(36)11-17(35-23(37)24(4,5)6)20-21(27)15(10-16(22(20)28)26(32,33)34)19-12(2)8-14(9-13(19)3)25(29,30)31/h8-10,17H,7,11H2,1-6H3,(H,35,37)/t17-/m0/s1. The SMILES string of the molecule is CCOC(=O)C[C@H](NC(=O)C(C)(C)C)c1c(F)c(-c2c(C)cc(C(F)(F)F)cc2C)cc(C(F)(F)F)c1F. The van der Waals surface area contributed by atoms with Crippen LogP contribution < -0.4 is 5.32 Å². The maximum atomic E-state index is 16.0. The number of halogens is 8. The first-order valence-electron chi connectivity index (χ1n) is 11.4. The van der Waals surface area contributed by atoms with Gasteiger partial charge in [0.15, 0.2) is 0 Å². The molecule has 12 heteroatoms. The fraction of sp³-hybridized carbons (Fsp3) is 0.462. The fourth-order valence-corrected chi connectivity index (χ4v) is 3.89. The third-order valence-corrected chi connectivity index (χ3v) is 5.68. The zero-order valence-corrected chi connectivity index (χ0v) is 21.5. The minimum absolute atomic E-state index is 0.151. The van der Waals surface area contributed by atoms with Gasteiger partial charge in [-0.05, 0) is 55.7 Å². The van der Waals surface area contributed by atoms with Crippen LogP contribution in [0.25, 0.3) is 11.1 Å². The van der Waals surface area contributed by atoms with Gasteiger partial charge in [-0.1, -0.05) is 20.8 Å². The van der Waals surface area contributed by atoms with E-state index in [1.807, 2.05) is 0 Å². The summed E-state index contributed by atoms with van der Waals surface area (Å²) in [6.45, 7) is 7.87. The van der Waals surface area contributed by atoms with Crippen molar-refractivity contribution in [3.8, 4) is 11.1 Å². The fourth-order valence-electron chi connectivity index (χ4n) is 3.89. The van der Waals surface area contributed by atoms with Crippen LogP contribution in [-0.4, -0.2) is 18.5 Å². The molecule has 2 aromatic carbocycles. The number of esters is 1. The molecule has 4 nitrogen and oxygen atoms in total. The van der Waals surface area contributed by atoms with Crippen molar-refractivity contribution in [2.75, 3.05) is 6.61 Å². The third kappa shape index (κ3) is 6.82. The minimum Gasteiger partial charge on any atom is -0.466 e. The average molecular weight is 553 g/mol. The van der Waals surface area contributed by atoms with E-state index >= 15 is 8.78 Å². The quantitative estimate of drug-likeness (QED) is 0.299. The topological polar surface area (TPSA) is 55.4 Å². The Labute approximate surface area is 214 Å². The molecule has 210 valence electrons. The van der Waals surface area contributed by atoms with Gasteiger partial charge in [0, 0.05) is 16.5 Å². The second-order valence-corrected chi connectivity index (χ2v) is 9.78. The molecule has 1 amide bonds. The molecule has 1 atom stereocenters. The highest BCUT2D eigenvalue weighted by atomic mass is 19.4. The number of alkyl halides is 6. The molecule has 0 heterocycles. The number of amides is 1. The number of carbonyl (C=O) groups excluding carboxylic acids is 2. The van der Waals surface area contributed by atoms with Crippen molar-refractivity contribution >= 4 is 11.9 Å². The van der Waals surface area contributed by atoms with Gasteiger partial charge in [0.2, 0.25) is 5.91 Å². The van der Waals surface area contributed by atoms with Gasteiger partial charge in [-0.3, -0.25) is 9.59 Å². The molecule has 2 aromatic rings. The molecule has 0 bridgehead atoms. The third-order valence-electron chi connectivity index (χ3n) is 5.68. The summed E-state index contributed by atoms with van der Waals surface area (Å²) < 4.78 is 118. The summed E-state index contributed by atoms with van der Waals surface area (Å²) in [5, 5.41) is 2.22. The van der Waals surface area contributed by atoms with E-state index in [1.165, 1.54) is 27.7 Å². The maximum Gasteiger partial charge on any atom is 0.419 e. The van der Waals surface area contributed by atoms with E-state index in [0.717, 1.165) is 13.8 Å². The predicted octanol–water partition coefficient (Wildman–Crippen LogP) is 7.44. The summed E-state index contributed by atoms with van der Waals surface area (Å²) in [5.74, 6) is -5.51. The summed E-state index contributed by atoms with van der Waals surface area (Å²) in [6, 6.07) is -0.480. The average Bonchev–Trinajstić information content (AvgIpc) is 2.72. The van der Waals surface area contributed by atoms with Crippen LogP contribution in [0.2, 0.25) is 0 Å². The molecule has 38 heavy (non-hydrogen) atoms. The highest BCUT2D eigenvalue weighted by molar-refractivity contribution is 5.83. The molecular weight excluding hydrogens is 526 g/mol. The first kappa shape index (κ1) is 31.0. The lowest BCUT2D eigenvalue weighted by molar-refractivity contribution is -0.144. The van der Waals surface area contributed by atoms with Crippen molar-refractivity contribution in [1.82, 2.24) is 5.32 Å². The van der Waals surface area contributed by atoms with Crippen LogP contribution in [0.15, 0.2) is 18.2 Å². The second-order valence-electron chi connectivity index (χ2n) is 9.78. The van der Waals surface area contributed by atoms with Crippen molar-refractivity contribution in [3.63, 3.8) is 0 Å². The summed E-state index contributed by atoms with van der Waals surface area (Å²) in [6.07, 6.45) is -11.0. The van der Waals surface area contributed by atoms with E-state index in [2.05, 4.69) is 5.32 Å². The number of carbonyl (C=O) groups is 2. The van der Waals surface area contributed by atoms with Gasteiger partial charge < -0.3 is 10.1 Å². The van der Waals surface area contributed by atoms with Crippen molar-refractivity contribution in [1.29, 1.82) is 0 Å². The van der Waals surface area contributed by atoms with Crippen LogP contribution in [0.1, 0.15) is 68.0 Å². The monoisotopic (exact) mass is 553 g/mol. The van der Waals surface area contributed by atoms with Crippen LogP contribution in [-0.2, 0) is 26.7 Å². The zero-order valence-electron chi connectivity index (χ0n) is 21.5. The first-order chi connectivity index (χ1) is 17.2. The van der Waals surface area contributed by atoms with Gasteiger partial charge in [0.05, 0.1) is 30.2 Å². The Morgan fingerprint density at radius 2 is 1.42 bits per heavy atom. The lowest BCUT2D eigenvalue weighted by Gasteiger charge is -2.27. The molecule has 0 fully saturated rings. The summed E-state index contributed by atoms with van der Waals surface area (Å²) in [4.78, 5) is 24.9. The molecule has 0 radical (unpaired) electrons. The van der Waals surface area contributed by atoms with Crippen LogP contribution in [0.4, 0.5) is 35.1 Å². The van der Waals surface area contributed by atoms with E-state index in [-0.39, 0.29) is 29.4 Å². The Bertz CT molecular complexity index is 1200. The van der Waals surface area contributed by atoms with E-state index in [0.29, 0.717) is 12.1 Å². The summed E-state index contributed by atoms with van der Waals surface area (Å²) in [5.41, 5.74) is -7.04. The van der Waals surface area contributed by atoms with Gasteiger partial charge >= 0.3 is 18.3 Å². The Hall–Kier alpha value is -3.18. The van der Waals surface area contributed by atoms with Crippen molar-refractivity contribution in [3.05, 3.63) is 57.7 Å². The smallest absolute Gasteiger partial charge is 0.419 e. The normalized spacial score (nSPS) is 13.3. The number of aryl methyl sites for hydroxylation is 2. The predicted molar refractivity (Wildman–Crippen MR) is 123 cm³/mol. The molecule has 0 unspecified atom stereocenters. The van der Waals surface area contributed by atoms with Crippen molar-refractivity contribution < 1.29 is 49.4 Å². The van der Waals surface area contributed by atoms with E-state index < -0.39 is 76.0 Å². The second kappa shape index (κ2) is 10.9. The Kier molecular flexibility index (Phi) is 8.90. The lowest BCUT2D eigenvalue weighted by Crippen LogP contribution is -2.39. The number of benzene rings is 2. The van der Waals surface area contributed by atoms with Gasteiger partial charge in [-0.15, -0.1) is 0 Å². The number of ether oxygens (including phenoxy) is 1.